The number of likely N-dealkylation sites (N-methyl/N-ethyl adjacent to an activating group) is 1. The Morgan fingerprint density at radius 3 is 2.50 bits per heavy atom. The summed E-state index contributed by atoms with van der Waals surface area (Å²) in [6, 6.07) is 11.5. The van der Waals surface area contributed by atoms with Crippen LogP contribution in [0.5, 0.6) is 5.75 Å². The molecule has 0 fully saturated rings. The number of carbonyl (C=O) groups is 1. The van der Waals surface area contributed by atoms with E-state index in [9.17, 15) is 13.2 Å². The number of benzene rings is 2. The van der Waals surface area contributed by atoms with Crippen molar-refractivity contribution in [2.45, 2.75) is 25.7 Å². The number of hydrogen-bond acceptors (Lipinski definition) is 5. The van der Waals surface area contributed by atoms with Gasteiger partial charge in [-0.1, -0.05) is 6.07 Å². The first-order valence-electron chi connectivity index (χ1n) is 8.69. The predicted molar refractivity (Wildman–Crippen MR) is 107 cm³/mol. The van der Waals surface area contributed by atoms with Crippen molar-refractivity contribution in [3.8, 4) is 11.8 Å². The van der Waals surface area contributed by atoms with Crippen molar-refractivity contribution in [1.29, 1.82) is 5.26 Å². The highest BCUT2D eigenvalue weighted by Crippen LogP contribution is 2.26. The van der Waals surface area contributed by atoms with Gasteiger partial charge in [-0.25, -0.2) is 8.42 Å². The van der Waals surface area contributed by atoms with Crippen LogP contribution < -0.4 is 10.1 Å². The second-order valence-electron chi connectivity index (χ2n) is 6.31. The smallest absolute Gasteiger partial charge is 0.243 e. The number of nitriles is 1. The fraction of sp³-hybridized carbons (Fsp3) is 0.300. The molecular formula is C20H23N3O4S. The lowest BCUT2D eigenvalue weighted by atomic mass is 10.1. The fourth-order valence-electron chi connectivity index (χ4n) is 2.51. The van der Waals surface area contributed by atoms with Gasteiger partial charge in [0.15, 0.2) is 0 Å². The van der Waals surface area contributed by atoms with Crippen molar-refractivity contribution >= 4 is 21.6 Å². The molecule has 0 unspecified atom stereocenters. The maximum atomic E-state index is 12.7. The monoisotopic (exact) mass is 401 g/mol. The zero-order valence-electron chi connectivity index (χ0n) is 16.3. The van der Waals surface area contributed by atoms with Crippen LogP contribution in [-0.2, 0) is 14.8 Å². The number of ether oxygens (including phenoxy) is 1. The molecule has 0 saturated carbocycles. The van der Waals surface area contributed by atoms with E-state index in [-0.39, 0.29) is 11.4 Å². The molecule has 0 spiro atoms. The Morgan fingerprint density at radius 2 is 1.89 bits per heavy atom. The lowest BCUT2D eigenvalue weighted by molar-refractivity contribution is -0.116. The summed E-state index contributed by atoms with van der Waals surface area (Å²) >= 11 is 0. The number of aryl methyl sites for hydroxylation is 2. The molecule has 0 aliphatic rings. The van der Waals surface area contributed by atoms with Crippen LogP contribution in [0, 0.1) is 25.2 Å². The summed E-state index contributed by atoms with van der Waals surface area (Å²) in [5, 5.41) is 11.7. The molecule has 1 amide bonds. The van der Waals surface area contributed by atoms with Crippen molar-refractivity contribution in [3.63, 3.8) is 0 Å². The molecule has 0 aromatic heterocycles. The summed E-state index contributed by atoms with van der Waals surface area (Å²) in [6.07, 6.45) is 0. The second-order valence-corrected chi connectivity index (χ2v) is 8.36. The summed E-state index contributed by atoms with van der Waals surface area (Å²) in [6.45, 7) is 5.54. The third-order valence-corrected chi connectivity index (χ3v) is 6.03. The third-order valence-electron chi connectivity index (χ3n) is 4.24. The number of amides is 1. The summed E-state index contributed by atoms with van der Waals surface area (Å²) in [5.74, 6) is -0.125. The zero-order valence-corrected chi connectivity index (χ0v) is 17.1. The van der Waals surface area contributed by atoms with Crippen molar-refractivity contribution in [2.75, 3.05) is 25.5 Å². The fourth-order valence-corrected chi connectivity index (χ4v) is 3.72. The van der Waals surface area contributed by atoms with E-state index in [2.05, 4.69) is 5.32 Å². The highest BCUT2D eigenvalue weighted by atomic mass is 32.2. The Balaban J connectivity index is 2.18. The number of sulfonamides is 1. The molecule has 28 heavy (non-hydrogen) atoms. The molecule has 0 saturated heterocycles. The van der Waals surface area contributed by atoms with Gasteiger partial charge in [-0.15, -0.1) is 0 Å². The number of carbonyl (C=O) groups excluding carboxylic acids is 1. The van der Waals surface area contributed by atoms with Gasteiger partial charge in [-0.3, -0.25) is 4.79 Å². The lowest BCUT2D eigenvalue weighted by Crippen LogP contribution is -2.35. The molecule has 0 heterocycles. The molecule has 148 valence electrons. The molecule has 8 heteroatoms. The molecule has 0 aliphatic heterocycles. The molecule has 0 atom stereocenters. The van der Waals surface area contributed by atoms with Crippen LogP contribution in [0.4, 0.5) is 5.69 Å². The molecule has 0 bridgehead atoms. The molecule has 0 radical (unpaired) electrons. The molecule has 2 aromatic rings. The van der Waals surface area contributed by atoms with E-state index in [1.165, 1.54) is 19.2 Å². The lowest BCUT2D eigenvalue weighted by Gasteiger charge is -2.18. The van der Waals surface area contributed by atoms with Gasteiger partial charge in [0.2, 0.25) is 15.9 Å². The summed E-state index contributed by atoms with van der Waals surface area (Å²) in [5.41, 5.74) is 2.52. The van der Waals surface area contributed by atoms with Crippen molar-refractivity contribution in [2.24, 2.45) is 0 Å². The van der Waals surface area contributed by atoms with Gasteiger partial charge < -0.3 is 10.1 Å². The standard InChI is InChI=1S/C20H23N3O4S/c1-5-27-19-9-7-16(12-21)11-18(19)22-20(24)13-23(4)28(25,26)17-8-6-14(2)15(3)10-17/h6-11H,5,13H2,1-4H3,(H,22,24). The van der Waals surface area contributed by atoms with Crippen molar-refractivity contribution in [1.82, 2.24) is 4.31 Å². The Bertz CT molecular complexity index is 1030. The highest BCUT2D eigenvalue weighted by molar-refractivity contribution is 7.89. The SMILES string of the molecule is CCOc1ccc(C#N)cc1NC(=O)CN(C)S(=O)(=O)c1ccc(C)c(C)c1. The molecule has 7 nitrogen and oxygen atoms in total. The number of anilines is 1. The highest BCUT2D eigenvalue weighted by Gasteiger charge is 2.23. The van der Waals surface area contributed by atoms with E-state index < -0.39 is 15.9 Å². The van der Waals surface area contributed by atoms with Gasteiger partial charge in [-0.05, 0) is 62.2 Å². The maximum absolute atomic E-state index is 12.7. The van der Waals surface area contributed by atoms with Crippen LogP contribution >= 0.6 is 0 Å². The summed E-state index contributed by atoms with van der Waals surface area (Å²) < 4.78 is 31.9. The van der Waals surface area contributed by atoms with E-state index in [0.717, 1.165) is 15.4 Å². The van der Waals surface area contributed by atoms with Crippen molar-refractivity contribution < 1.29 is 17.9 Å². The predicted octanol–water partition coefficient (Wildman–Crippen LogP) is 2.83. The quantitative estimate of drug-likeness (QED) is 0.769. The second kappa shape index (κ2) is 8.87. The number of hydrogen-bond donors (Lipinski definition) is 1. The average molecular weight is 401 g/mol. The van der Waals surface area contributed by atoms with Gasteiger partial charge in [0.05, 0.1) is 35.4 Å². The largest absolute Gasteiger partial charge is 0.492 e. The summed E-state index contributed by atoms with van der Waals surface area (Å²) in [7, 11) is -2.46. The van der Waals surface area contributed by atoms with E-state index in [0.29, 0.717) is 23.6 Å². The van der Waals surface area contributed by atoms with Gasteiger partial charge in [0, 0.05) is 7.05 Å². The van der Waals surface area contributed by atoms with Gasteiger partial charge >= 0.3 is 0 Å². The summed E-state index contributed by atoms with van der Waals surface area (Å²) in [4.78, 5) is 12.6. The third kappa shape index (κ3) is 4.88. The van der Waals surface area contributed by atoms with Gasteiger partial charge in [0.25, 0.3) is 0 Å². The number of nitrogens with zero attached hydrogens (tertiary/aromatic N) is 2. The number of nitrogens with one attached hydrogen (secondary N) is 1. The topological polar surface area (TPSA) is 99.5 Å². The molecule has 0 aliphatic carbocycles. The van der Waals surface area contributed by atoms with Crippen LogP contribution in [0.1, 0.15) is 23.6 Å². The number of rotatable bonds is 7. The normalized spacial score (nSPS) is 11.1. The minimum Gasteiger partial charge on any atom is -0.492 e. The van der Waals surface area contributed by atoms with Crippen LogP contribution in [0.2, 0.25) is 0 Å². The first-order valence-corrected chi connectivity index (χ1v) is 10.1. The average Bonchev–Trinajstić information content (AvgIpc) is 2.65. The Morgan fingerprint density at radius 1 is 1.18 bits per heavy atom. The molecule has 2 rings (SSSR count). The van der Waals surface area contributed by atoms with E-state index in [1.54, 1.807) is 31.2 Å². The first-order chi connectivity index (χ1) is 13.2. The van der Waals surface area contributed by atoms with E-state index in [4.69, 9.17) is 10.00 Å². The maximum Gasteiger partial charge on any atom is 0.243 e. The Labute approximate surface area is 165 Å². The van der Waals surface area contributed by atoms with Crippen LogP contribution in [0.3, 0.4) is 0 Å². The van der Waals surface area contributed by atoms with Crippen LogP contribution in [-0.4, -0.2) is 38.8 Å². The van der Waals surface area contributed by atoms with Crippen LogP contribution in [0.15, 0.2) is 41.3 Å². The minimum absolute atomic E-state index is 0.132. The minimum atomic E-state index is -3.81. The molecule has 2 aromatic carbocycles. The molecule has 1 N–H and O–H groups in total. The van der Waals surface area contributed by atoms with Gasteiger partial charge in [0.1, 0.15) is 5.75 Å². The van der Waals surface area contributed by atoms with Crippen LogP contribution in [0.25, 0.3) is 0 Å². The Kier molecular flexibility index (Phi) is 6.78. The van der Waals surface area contributed by atoms with Gasteiger partial charge in [-0.2, -0.15) is 9.57 Å². The zero-order chi connectivity index (χ0) is 20.9. The first kappa shape index (κ1) is 21.4. The Hall–Kier alpha value is -2.89. The van der Waals surface area contributed by atoms with Crippen molar-refractivity contribution in [3.05, 3.63) is 53.1 Å². The molecular weight excluding hydrogens is 378 g/mol. The van der Waals surface area contributed by atoms with E-state index >= 15 is 0 Å². The van der Waals surface area contributed by atoms with E-state index in [1.807, 2.05) is 19.9 Å².